The van der Waals surface area contributed by atoms with Crippen LogP contribution in [-0.2, 0) is 0 Å². The van der Waals surface area contributed by atoms with Crippen LogP contribution in [-0.4, -0.2) is 7.11 Å². The molecule has 0 spiro atoms. The maximum absolute atomic E-state index is 6.75. The van der Waals surface area contributed by atoms with E-state index in [1.54, 1.807) is 7.11 Å². The Morgan fingerprint density at radius 3 is 1.26 bits per heavy atom. The number of methoxy groups -OCH3 is 1. The summed E-state index contributed by atoms with van der Waals surface area (Å²) >= 11 is 0. The molecule has 0 fully saturated rings. The lowest BCUT2D eigenvalue weighted by Gasteiger charge is -2.16. The third kappa shape index (κ3) is 6.48. The zero-order valence-electron chi connectivity index (χ0n) is 31.5. The highest BCUT2D eigenvalue weighted by atomic mass is 16.5. The van der Waals surface area contributed by atoms with Crippen molar-refractivity contribution in [2.24, 2.45) is 0 Å². The van der Waals surface area contributed by atoms with Gasteiger partial charge < -0.3 is 9.15 Å². The molecule has 1 heterocycles. The smallest absolute Gasteiger partial charge is 0.147 e. The van der Waals surface area contributed by atoms with Crippen LogP contribution in [0.25, 0.3) is 99.8 Å². The predicted octanol–water partition coefficient (Wildman–Crippen LogP) is 15.3. The van der Waals surface area contributed by atoms with Crippen molar-refractivity contribution in [2.45, 2.75) is 0 Å². The predicted molar refractivity (Wildman–Crippen MR) is 238 cm³/mol. The first-order valence-electron chi connectivity index (χ1n) is 19.4. The number of furan rings is 1. The van der Waals surface area contributed by atoms with Crippen LogP contribution >= 0.6 is 0 Å². The molecule has 0 radical (unpaired) electrons. The first kappa shape index (κ1) is 34.1. The first-order valence-corrected chi connectivity index (χ1v) is 19.4. The molecular formula is C55H38O2. The molecule has 0 saturated carbocycles. The standard InChI is InChI=1S/C55H38O2/c1-56-54-49(45-24-14-23-43(31-45)37-15-6-2-7-16-37)36-51-50-35-44(29-30-52(50)57-55(51)53(54)42-21-12-5-13-22-42)40-25-27-41(28-26-40)48-33-46(38-17-8-3-9-18-38)32-47(34-48)39-19-10-4-11-20-39/h2-36H,1H3. The summed E-state index contributed by atoms with van der Waals surface area (Å²) < 4.78 is 13.0. The quantitative estimate of drug-likeness (QED) is 0.155. The highest BCUT2D eigenvalue weighted by molar-refractivity contribution is 6.14. The fourth-order valence-electron chi connectivity index (χ4n) is 8.11. The van der Waals surface area contributed by atoms with Crippen LogP contribution in [0.4, 0.5) is 0 Å². The highest BCUT2D eigenvalue weighted by Crippen LogP contribution is 2.48. The van der Waals surface area contributed by atoms with E-state index < -0.39 is 0 Å². The van der Waals surface area contributed by atoms with Crippen LogP contribution < -0.4 is 4.74 Å². The first-order chi connectivity index (χ1) is 28.2. The number of benzene rings is 9. The molecule has 0 N–H and O–H groups in total. The molecule has 0 amide bonds. The minimum atomic E-state index is 0.792. The van der Waals surface area contributed by atoms with Crippen molar-refractivity contribution in [1.82, 2.24) is 0 Å². The van der Waals surface area contributed by atoms with E-state index in [0.29, 0.717) is 0 Å². The summed E-state index contributed by atoms with van der Waals surface area (Å²) in [6.07, 6.45) is 0. The van der Waals surface area contributed by atoms with Crippen molar-refractivity contribution < 1.29 is 9.15 Å². The Morgan fingerprint density at radius 1 is 0.316 bits per heavy atom. The normalized spacial score (nSPS) is 11.2. The SMILES string of the molecule is COc1c(-c2cccc(-c3ccccc3)c2)cc2c(oc3ccc(-c4ccc(-c5cc(-c6ccccc6)cc(-c6ccccc6)c5)cc4)cc32)c1-c1ccccc1. The molecule has 0 unspecified atom stereocenters. The molecule has 0 aliphatic rings. The zero-order valence-corrected chi connectivity index (χ0v) is 31.5. The van der Waals surface area contributed by atoms with Crippen molar-refractivity contribution in [3.8, 4) is 83.6 Å². The zero-order chi connectivity index (χ0) is 38.1. The van der Waals surface area contributed by atoms with Crippen LogP contribution in [0, 0.1) is 0 Å². The van der Waals surface area contributed by atoms with Gasteiger partial charge in [0, 0.05) is 16.3 Å². The number of rotatable bonds is 8. The van der Waals surface area contributed by atoms with Crippen LogP contribution in [0.5, 0.6) is 5.75 Å². The molecule has 0 atom stereocenters. The maximum Gasteiger partial charge on any atom is 0.147 e. The summed E-state index contributed by atoms with van der Waals surface area (Å²) in [5.41, 5.74) is 17.5. The number of hydrogen-bond donors (Lipinski definition) is 0. The molecule has 10 rings (SSSR count). The van der Waals surface area contributed by atoms with Gasteiger partial charge in [-0.05, 0) is 109 Å². The Labute approximate surface area is 332 Å². The molecule has 2 nitrogen and oxygen atoms in total. The Bertz CT molecular complexity index is 2940. The Morgan fingerprint density at radius 2 is 0.719 bits per heavy atom. The monoisotopic (exact) mass is 730 g/mol. The van der Waals surface area contributed by atoms with Gasteiger partial charge in [-0.25, -0.2) is 0 Å². The third-order valence-corrected chi connectivity index (χ3v) is 11.0. The summed E-state index contributed by atoms with van der Waals surface area (Å²) in [5.74, 6) is 0.792. The molecule has 9 aromatic carbocycles. The van der Waals surface area contributed by atoms with Gasteiger partial charge in [0.05, 0.1) is 12.7 Å². The number of ether oxygens (including phenoxy) is 1. The summed E-state index contributed by atoms with van der Waals surface area (Å²) in [5, 5.41) is 2.12. The van der Waals surface area contributed by atoms with Crippen molar-refractivity contribution in [2.75, 3.05) is 7.11 Å². The summed E-state index contributed by atoms with van der Waals surface area (Å²) in [6.45, 7) is 0. The Hall–Kier alpha value is -7.42. The van der Waals surface area contributed by atoms with Gasteiger partial charge in [0.2, 0.25) is 0 Å². The molecule has 270 valence electrons. The van der Waals surface area contributed by atoms with E-state index in [9.17, 15) is 0 Å². The van der Waals surface area contributed by atoms with E-state index in [2.05, 4.69) is 206 Å². The largest absolute Gasteiger partial charge is 0.495 e. The van der Waals surface area contributed by atoms with Gasteiger partial charge in [-0.3, -0.25) is 0 Å². The average molecular weight is 731 g/mol. The molecule has 1 aromatic heterocycles. The molecule has 2 heteroatoms. The Balaban J connectivity index is 1.09. The maximum atomic E-state index is 6.75. The molecule has 0 aliphatic heterocycles. The van der Waals surface area contributed by atoms with Crippen LogP contribution in [0.15, 0.2) is 217 Å². The lowest BCUT2D eigenvalue weighted by molar-refractivity contribution is 0.418. The van der Waals surface area contributed by atoms with E-state index >= 15 is 0 Å². The second kappa shape index (κ2) is 14.7. The van der Waals surface area contributed by atoms with E-state index in [1.165, 1.54) is 38.9 Å². The second-order valence-electron chi connectivity index (χ2n) is 14.4. The van der Waals surface area contributed by atoms with Gasteiger partial charge in [-0.1, -0.05) is 170 Å². The minimum absolute atomic E-state index is 0.792. The van der Waals surface area contributed by atoms with Gasteiger partial charge in [-0.2, -0.15) is 0 Å². The van der Waals surface area contributed by atoms with E-state index in [-0.39, 0.29) is 0 Å². The van der Waals surface area contributed by atoms with Crippen molar-refractivity contribution in [3.63, 3.8) is 0 Å². The molecule has 10 aromatic rings. The van der Waals surface area contributed by atoms with Crippen LogP contribution in [0.3, 0.4) is 0 Å². The average Bonchev–Trinajstić information content (AvgIpc) is 3.67. The lowest BCUT2D eigenvalue weighted by Crippen LogP contribution is -1.93. The van der Waals surface area contributed by atoms with Crippen molar-refractivity contribution >= 4 is 21.9 Å². The van der Waals surface area contributed by atoms with Crippen LogP contribution in [0.2, 0.25) is 0 Å². The molecule has 57 heavy (non-hydrogen) atoms. The van der Waals surface area contributed by atoms with E-state index in [1.807, 2.05) is 6.07 Å². The number of fused-ring (bicyclic) bond motifs is 3. The summed E-state index contributed by atoms with van der Waals surface area (Å²) in [4.78, 5) is 0. The fraction of sp³-hybridized carbons (Fsp3) is 0.0182. The topological polar surface area (TPSA) is 22.4 Å². The minimum Gasteiger partial charge on any atom is -0.495 e. The van der Waals surface area contributed by atoms with Crippen molar-refractivity contribution in [1.29, 1.82) is 0 Å². The lowest BCUT2D eigenvalue weighted by atomic mass is 9.92. The second-order valence-corrected chi connectivity index (χ2v) is 14.4. The van der Waals surface area contributed by atoms with Crippen LogP contribution in [0.1, 0.15) is 0 Å². The summed E-state index contributed by atoms with van der Waals surface area (Å²) in [6, 6.07) is 75.5. The van der Waals surface area contributed by atoms with Crippen molar-refractivity contribution in [3.05, 3.63) is 212 Å². The van der Waals surface area contributed by atoms with Gasteiger partial charge in [0.15, 0.2) is 0 Å². The van der Waals surface area contributed by atoms with Gasteiger partial charge in [0.25, 0.3) is 0 Å². The molecular weight excluding hydrogens is 693 g/mol. The molecule has 0 aliphatic carbocycles. The van der Waals surface area contributed by atoms with Gasteiger partial charge >= 0.3 is 0 Å². The fourth-order valence-corrected chi connectivity index (χ4v) is 8.11. The molecule has 0 saturated heterocycles. The molecule has 0 bridgehead atoms. The summed E-state index contributed by atoms with van der Waals surface area (Å²) in [7, 11) is 1.75. The van der Waals surface area contributed by atoms with Gasteiger partial charge in [-0.15, -0.1) is 0 Å². The third-order valence-electron chi connectivity index (χ3n) is 11.0. The number of hydrogen-bond acceptors (Lipinski definition) is 2. The Kier molecular flexibility index (Phi) is 8.78. The highest BCUT2D eigenvalue weighted by Gasteiger charge is 2.22. The van der Waals surface area contributed by atoms with Gasteiger partial charge in [0.1, 0.15) is 16.9 Å². The van der Waals surface area contributed by atoms with E-state index in [0.717, 1.165) is 66.6 Å². The van der Waals surface area contributed by atoms with E-state index in [4.69, 9.17) is 9.15 Å².